The monoisotopic (exact) mass is 330 g/mol. The number of benzene rings is 1. The highest BCUT2D eigenvalue weighted by molar-refractivity contribution is 7.89. The van der Waals surface area contributed by atoms with Crippen LogP contribution >= 0.6 is 0 Å². The van der Waals surface area contributed by atoms with Crippen molar-refractivity contribution < 1.29 is 22.7 Å². The van der Waals surface area contributed by atoms with Gasteiger partial charge in [0.2, 0.25) is 10.0 Å². The van der Waals surface area contributed by atoms with E-state index in [1.165, 1.54) is 16.4 Å². The van der Waals surface area contributed by atoms with Crippen molar-refractivity contribution in [1.29, 1.82) is 0 Å². The van der Waals surface area contributed by atoms with Crippen LogP contribution < -0.4 is 0 Å². The first-order valence-electron chi connectivity index (χ1n) is 7.09. The van der Waals surface area contributed by atoms with Crippen molar-refractivity contribution in [2.24, 2.45) is 0 Å². The van der Waals surface area contributed by atoms with Crippen LogP contribution in [0, 0.1) is 5.82 Å². The molecule has 122 valence electrons. The zero-order chi connectivity index (χ0) is 16.3. The lowest BCUT2D eigenvalue weighted by molar-refractivity contribution is -0.143. The van der Waals surface area contributed by atoms with Gasteiger partial charge >= 0.3 is 5.97 Å². The van der Waals surface area contributed by atoms with Crippen LogP contribution in [0.2, 0.25) is 0 Å². The predicted octanol–water partition coefficient (Wildman–Crippen LogP) is 0.995. The fraction of sp³-hybridized carbons (Fsp3) is 0.500. The maximum Gasteiger partial charge on any atom is 0.320 e. The highest BCUT2D eigenvalue weighted by Crippen LogP contribution is 2.19. The summed E-state index contributed by atoms with van der Waals surface area (Å²) in [6.45, 7) is 2.98. The van der Waals surface area contributed by atoms with Crippen molar-refractivity contribution in [2.75, 3.05) is 26.2 Å². The van der Waals surface area contributed by atoms with Crippen LogP contribution in [-0.4, -0.2) is 60.9 Å². The Hall–Kier alpha value is -1.51. The largest absolute Gasteiger partial charge is 0.480 e. The minimum atomic E-state index is -3.66. The fourth-order valence-electron chi connectivity index (χ4n) is 2.60. The Kier molecular flexibility index (Phi) is 5.15. The SMILES string of the molecule is CCC(C(=O)O)N1CCN(S(=O)(=O)c2ccc(F)cc2)CC1. The lowest BCUT2D eigenvalue weighted by Crippen LogP contribution is -2.53. The molecule has 1 fully saturated rings. The summed E-state index contributed by atoms with van der Waals surface area (Å²) in [5, 5.41) is 9.15. The molecule has 22 heavy (non-hydrogen) atoms. The Morgan fingerprint density at radius 1 is 1.23 bits per heavy atom. The van der Waals surface area contributed by atoms with E-state index in [0.717, 1.165) is 12.1 Å². The molecule has 1 aliphatic heterocycles. The molecule has 1 aliphatic rings. The van der Waals surface area contributed by atoms with Gasteiger partial charge in [-0.1, -0.05) is 6.92 Å². The number of piperazine rings is 1. The van der Waals surface area contributed by atoms with Gasteiger partial charge in [-0.2, -0.15) is 4.31 Å². The molecule has 1 heterocycles. The molecule has 0 spiro atoms. The first-order valence-corrected chi connectivity index (χ1v) is 8.53. The fourth-order valence-corrected chi connectivity index (χ4v) is 4.02. The van der Waals surface area contributed by atoms with E-state index >= 15 is 0 Å². The van der Waals surface area contributed by atoms with E-state index in [9.17, 15) is 17.6 Å². The lowest BCUT2D eigenvalue weighted by Gasteiger charge is -2.36. The molecule has 8 heteroatoms. The second-order valence-corrected chi connectivity index (χ2v) is 7.09. The topological polar surface area (TPSA) is 77.9 Å². The van der Waals surface area contributed by atoms with Gasteiger partial charge in [0.05, 0.1) is 4.90 Å². The first-order chi connectivity index (χ1) is 10.4. The predicted molar refractivity (Wildman–Crippen MR) is 78.4 cm³/mol. The minimum Gasteiger partial charge on any atom is -0.480 e. The summed E-state index contributed by atoms with van der Waals surface area (Å²) >= 11 is 0. The third kappa shape index (κ3) is 3.45. The van der Waals surface area contributed by atoms with Crippen LogP contribution in [0.4, 0.5) is 4.39 Å². The third-order valence-corrected chi connectivity index (χ3v) is 5.75. The van der Waals surface area contributed by atoms with E-state index in [-0.39, 0.29) is 18.0 Å². The number of hydrogen-bond donors (Lipinski definition) is 1. The van der Waals surface area contributed by atoms with E-state index in [2.05, 4.69) is 0 Å². The molecule has 0 aliphatic carbocycles. The summed E-state index contributed by atoms with van der Waals surface area (Å²) in [6, 6.07) is 4.11. The molecule has 2 rings (SSSR count). The Bertz CT molecular complexity index is 625. The Labute approximate surface area is 129 Å². The van der Waals surface area contributed by atoms with Crippen LogP contribution in [-0.2, 0) is 14.8 Å². The summed E-state index contributed by atoms with van der Waals surface area (Å²) < 4.78 is 39.1. The van der Waals surface area contributed by atoms with Crippen molar-refractivity contribution in [2.45, 2.75) is 24.3 Å². The van der Waals surface area contributed by atoms with E-state index < -0.39 is 27.9 Å². The van der Waals surface area contributed by atoms with Crippen molar-refractivity contribution in [3.63, 3.8) is 0 Å². The quantitative estimate of drug-likeness (QED) is 0.871. The number of halogens is 1. The van der Waals surface area contributed by atoms with Gasteiger partial charge in [0.15, 0.2) is 0 Å². The third-order valence-electron chi connectivity index (χ3n) is 3.84. The highest BCUT2D eigenvalue weighted by Gasteiger charge is 2.32. The summed E-state index contributed by atoms with van der Waals surface area (Å²) in [6.07, 6.45) is 0.472. The van der Waals surface area contributed by atoms with Crippen molar-refractivity contribution in [3.05, 3.63) is 30.1 Å². The van der Waals surface area contributed by atoms with Crippen molar-refractivity contribution in [3.8, 4) is 0 Å². The van der Waals surface area contributed by atoms with Crippen LogP contribution in [0.15, 0.2) is 29.2 Å². The second kappa shape index (κ2) is 6.72. The number of carboxylic acids is 1. The van der Waals surface area contributed by atoms with E-state index in [4.69, 9.17) is 5.11 Å². The molecule has 1 N–H and O–H groups in total. The number of aliphatic carboxylic acids is 1. The van der Waals surface area contributed by atoms with Gasteiger partial charge in [0, 0.05) is 26.2 Å². The second-order valence-electron chi connectivity index (χ2n) is 5.16. The number of carbonyl (C=O) groups is 1. The summed E-state index contributed by atoms with van der Waals surface area (Å²) in [4.78, 5) is 13.0. The van der Waals surface area contributed by atoms with Gasteiger partial charge in [0.1, 0.15) is 11.9 Å². The molecular weight excluding hydrogens is 311 g/mol. The molecular formula is C14H19FN2O4S. The number of hydrogen-bond acceptors (Lipinski definition) is 4. The van der Waals surface area contributed by atoms with Crippen LogP contribution in [0.25, 0.3) is 0 Å². The van der Waals surface area contributed by atoms with E-state index in [1.807, 2.05) is 0 Å². The molecule has 0 saturated carbocycles. The molecule has 0 radical (unpaired) electrons. The normalized spacial score (nSPS) is 19.0. The molecule has 1 aromatic carbocycles. The highest BCUT2D eigenvalue weighted by atomic mass is 32.2. The Morgan fingerprint density at radius 2 is 1.77 bits per heavy atom. The summed E-state index contributed by atoms with van der Waals surface area (Å²) in [5.74, 6) is -1.38. The van der Waals surface area contributed by atoms with Crippen molar-refractivity contribution in [1.82, 2.24) is 9.21 Å². The van der Waals surface area contributed by atoms with Crippen LogP contribution in [0.1, 0.15) is 13.3 Å². The molecule has 0 bridgehead atoms. The smallest absolute Gasteiger partial charge is 0.320 e. The van der Waals surface area contributed by atoms with Gasteiger partial charge in [0.25, 0.3) is 0 Å². The zero-order valence-corrected chi connectivity index (χ0v) is 13.1. The van der Waals surface area contributed by atoms with Gasteiger partial charge in [-0.3, -0.25) is 9.69 Å². The zero-order valence-electron chi connectivity index (χ0n) is 12.3. The molecule has 1 aromatic rings. The minimum absolute atomic E-state index is 0.0487. The van der Waals surface area contributed by atoms with Gasteiger partial charge < -0.3 is 5.11 Å². The molecule has 0 amide bonds. The van der Waals surface area contributed by atoms with Crippen LogP contribution in [0.3, 0.4) is 0 Å². The molecule has 1 unspecified atom stereocenters. The molecule has 1 saturated heterocycles. The number of carboxylic acid groups (broad SMARTS) is 1. The van der Waals surface area contributed by atoms with Crippen LogP contribution in [0.5, 0.6) is 0 Å². The van der Waals surface area contributed by atoms with Gasteiger partial charge in [-0.25, -0.2) is 12.8 Å². The number of nitrogens with zero attached hydrogens (tertiary/aromatic N) is 2. The van der Waals surface area contributed by atoms with E-state index in [0.29, 0.717) is 19.5 Å². The molecule has 6 nitrogen and oxygen atoms in total. The van der Waals surface area contributed by atoms with E-state index in [1.54, 1.807) is 11.8 Å². The maximum absolute atomic E-state index is 12.9. The summed E-state index contributed by atoms with van der Waals surface area (Å²) in [5.41, 5.74) is 0. The average molecular weight is 330 g/mol. The molecule has 0 aromatic heterocycles. The standard InChI is InChI=1S/C14H19FN2O4S/c1-2-13(14(18)19)16-7-9-17(10-8-16)22(20,21)12-5-3-11(15)4-6-12/h3-6,13H,2,7-10H2,1H3,(H,18,19). The Balaban J connectivity index is 2.07. The van der Waals surface area contributed by atoms with Crippen molar-refractivity contribution >= 4 is 16.0 Å². The number of sulfonamides is 1. The average Bonchev–Trinajstić information content (AvgIpc) is 2.48. The molecule has 1 atom stereocenters. The first kappa shape index (κ1) is 16.9. The number of rotatable bonds is 5. The Morgan fingerprint density at radius 3 is 2.23 bits per heavy atom. The van der Waals surface area contributed by atoms with Gasteiger partial charge in [-0.05, 0) is 30.7 Å². The van der Waals surface area contributed by atoms with Gasteiger partial charge in [-0.15, -0.1) is 0 Å². The summed E-state index contributed by atoms with van der Waals surface area (Å²) in [7, 11) is -3.66. The lowest BCUT2D eigenvalue weighted by atomic mass is 10.1. The maximum atomic E-state index is 12.9.